The van der Waals surface area contributed by atoms with Gasteiger partial charge in [-0.25, -0.2) is 9.97 Å². The third-order valence-electron chi connectivity index (χ3n) is 10.7. The highest BCUT2D eigenvalue weighted by Gasteiger charge is 2.29. The van der Waals surface area contributed by atoms with Gasteiger partial charge in [-0.3, -0.25) is 4.57 Å². The summed E-state index contributed by atoms with van der Waals surface area (Å²) in [7, 11) is 0. The minimum atomic E-state index is -0.0885. The minimum absolute atomic E-state index is 0.0146. The van der Waals surface area contributed by atoms with Crippen LogP contribution in [-0.2, 0) is 22.8 Å². The Morgan fingerprint density at radius 1 is 0.556 bits per heavy atom. The fourth-order valence-corrected chi connectivity index (χ4v) is 7.38. The molecule has 1 aliphatic heterocycles. The van der Waals surface area contributed by atoms with Gasteiger partial charge < -0.3 is 14.5 Å². The van der Waals surface area contributed by atoms with E-state index in [0.717, 1.165) is 52.4 Å². The van der Waals surface area contributed by atoms with Gasteiger partial charge in [0.05, 0.1) is 29.1 Å². The molecule has 6 nitrogen and oxygen atoms in total. The van der Waals surface area contributed by atoms with Gasteiger partial charge in [0, 0.05) is 47.5 Å². The van der Waals surface area contributed by atoms with E-state index in [2.05, 4.69) is 186 Å². The molecule has 0 fully saturated rings. The van der Waals surface area contributed by atoms with Crippen LogP contribution in [0, 0.1) is 0 Å². The Bertz CT molecular complexity index is 2480. The third-order valence-corrected chi connectivity index (χ3v) is 10.7. The second-order valence-electron chi connectivity index (χ2n) is 17.8. The number of nitrogens with zero attached hydrogens (tertiary/aromatic N) is 5. The predicted molar refractivity (Wildman–Crippen MR) is 225 cm³/mol. The fourth-order valence-electron chi connectivity index (χ4n) is 7.38. The molecule has 0 N–H and O–H groups in total. The molecule has 2 aromatic heterocycles. The molecule has 0 atom stereocenters. The molecule has 1 aliphatic rings. The number of rotatable bonds is 6. The highest BCUT2D eigenvalue weighted by atomic mass is 16.5. The van der Waals surface area contributed by atoms with E-state index in [1.807, 2.05) is 12.4 Å². The van der Waals surface area contributed by atoms with Gasteiger partial charge >= 0.3 is 0 Å². The summed E-state index contributed by atoms with van der Waals surface area (Å²) < 4.78 is 9.04. The van der Waals surface area contributed by atoms with E-state index in [4.69, 9.17) is 14.7 Å². The molecule has 0 amide bonds. The van der Waals surface area contributed by atoms with Gasteiger partial charge in [0.25, 0.3) is 0 Å². The van der Waals surface area contributed by atoms with Crippen LogP contribution >= 0.6 is 0 Å². The van der Waals surface area contributed by atoms with Crippen molar-refractivity contribution >= 4 is 38.9 Å². The van der Waals surface area contributed by atoms with Crippen LogP contribution in [0.5, 0.6) is 11.5 Å². The molecule has 0 saturated heterocycles. The van der Waals surface area contributed by atoms with Crippen molar-refractivity contribution < 1.29 is 4.74 Å². The van der Waals surface area contributed by atoms with Gasteiger partial charge in [-0.1, -0.05) is 111 Å². The summed E-state index contributed by atoms with van der Waals surface area (Å²) in [5, 5.41) is 2.32. The van der Waals surface area contributed by atoms with Crippen molar-refractivity contribution in [3.8, 4) is 17.4 Å². The van der Waals surface area contributed by atoms with Crippen molar-refractivity contribution in [2.75, 3.05) is 16.5 Å². The topological polar surface area (TPSA) is 46.4 Å². The molecule has 0 spiro atoms. The van der Waals surface area contributed by atoms with Crippen LogP contribution in [0.3, 0.4) is 0 Å². The van der Waals surface area contributed by atoms with E-state index in [1.54, 1.807) is 0 Å². The van der Waals surface area contributed by atoms with Crippen molar-refractivity contribution in [2.45, 2.75) is 85.1 Å². The smallest absolute Gasteiger partial charge is 0.234 e. The van der Waals surface area contributed by atoms with Gasteiger partial charge in [0.1, 0.15) is 11.5 Å². The highest BCUT2D eigenvalue weighted by molar-refractivity contribution is 6.09. The van der Waals surface area contributed by atoms with Crippen molar-refractivity contribution in [2.24, 2.45) is 0 Å². The first-order valence-corrected chi connectivity index (χ1v) is 19.0. The maximum atomic E-state index is 6.87. The fraction of sp³-hybridized carbons (Fsp3) is 0.292. The third kappa shape index (κ3) is 6.70. The molecular formula is C48H51N5O. The summed E-state index contributed by atoms with van der Waals surface area (Å²) in [5.41, 5.74) is 10.4. The molecule has 8 rings (SSSR count). The Morgan fingerprint density at radius 2 is 1.22 bits per heavy atom. The van der Waals surface area contributed by atoms with E-state index in [1.165, 1.54) is 33.5 Å². The monoisotopic (exact) mass is 713 g/mol. The molecule has 0 aliphatic carbocycles. The Kier molecular flexibility index (Phi) is 8.56. The van der Waals surface area contributed by atoms with Crippen LogP contribution in [0.15, 0.2) is 122 Å². The number of hydrogen-bond donors (Lipinski definition) is 0. The molecule has 0 saturated carbocycles. The summed E-state index contributed by atoms with van der Waals surface area (Å²) in [5.74, 6) is 2.21. The van der Waals surface area contributed by atoms with E-state index in [9.17, 15) is 0 Å². The van der Waals surface area contributed by atoms with Crippen molar-refractivity contribution in [1.82, 2.24) is 14.5 Å². The lowest BCUT2D eigenvalue weighted by molar-refractivity contribution is 0.479. The first-order valence-electron chi connectivity index (χ1n) is 19.0. The number of anilines is 3. The summed E-state index contributed by atoms with van der Waals surface area (Å²) in [6, 6.07) is 39.3. The summed E-state index contributed by atoms with van der Waals surface area (Å²) in [6.45, 7) is 21.7. The molecule has 0 unspecified atom stereocenters. The number of hydrogen-bond acceptors (Lipinski definition) is 5. The second kappa shape index (κ2) is 13.0. The lowest BCUT2D eigenvalue weighted by Gasteiger charge is -2.26. The van der Waals surface area contributed by atoms with Crippen LogP contribution in [0.25, 0.3) is 27.8 Å². The van der Waals surface area contributed by atoms with E-state index in [-0.39, 0.29) is 16.2 Å². The highest BCUT2D eigenvalue weighted by Crippen LogP contribution is 2.44. The van der Waals surface area contributed by atoms with E-state index in [0.29, 0.717) is 5.95 Å². The molecular weight excluding hydrogens is 663 g/mol. The zero-order valence-electron chi connectivity index (χ0n) is 33.1. The number of aromatic nitrogens is 3. The number of fused-ring (bicyclic) bond motifs is 4. The van der Waals surface area contributed by atoms with E-state index < -0.39 is 0 Å². The van der Waals surface area contributed by atoms with Crippen LogP contribution in [0.4, 0.5) is 17.1 Å². The van der Waals surface area contributed by atoms with E-state index >= 15 is 0 Å². The van der Waals surface area contributed by atoms with Crippen LogP contribution in [0.1, 0.15) is 84.6 Å². The molecule has 274 valence electrons. The minimum Gasteiger partial charge on any atom is -0.457 e. The lowest BCUT2D eigenvalue weighted by atomic mass is 9.86. The lowest BCUT2D eigenvalue weighted by Crippen LogP contribution is -2.27. The van der Waals surface area contributed by atoms with Gasteiger partial charge in [-0.2, -0.15) is 0 Å². The standard InChI is InChI=1S/C48H51N5O/c1-46(2,3)33-19-22-41-40(25-33)39-21-20-37(27-44(39)53(41)45-49-28-35(29-50-45)48(7,8)9)54-38-24-34(47(4,5)6)23-36(26-38)52-31-51(30-32-15-11-10-12-16-32)42-17-13-14-18-43(42)52/h10-29H,30-31H2,1-9H3. The zero-order valence-corrected chi connectivity index (χ0v) is 33.1. The zero-order chi connectivity index (χ0) is 38.0. The van der Waals surface area contributed by atoms with Crippen molar-refractivity contribution in [3.63, 3.8) is 0 Å². The maximum Gasteiger partial charge on any atom is 0.234 e. The quantitative estimate of drug-likeness (QED) is 0.172. The molecule has 6 heteroatoms. The largest absolute Gasteiger partial charge is 0.457 e. The normalized spacial score (nSPS) is 13.6. The maximum absolute atomic E-state index is 6.87. The van der Waals surface area contributed by atoms with Crippen LogP contribution in [0.2, 0.25) is 0 Å². The first-order chi connectivity index (χ1) is 25.6. The average Bonchev–Trinajstić information content (AvgIpc) is 3.66. The average molecular weight is 714 g/mol. The Balaban J connectivity index is 1.22. The molecule has 0 radical (unpaired) electrons. The second-order valence-corrected chi connectivity index (χ2v) is 17.8. The Morgan fingerprint density at radius 3 is 1.91 bits per heavy atom. The summed E-state index contributed by atoms with van der Waals surface area (Å²) in [4.78, 5) is 14.7. The SMILES string of the molecule is CC(C)(C)c1cnc(-n2c3ccc(C(C)(C)C)cc3c3ccc(Oc4cc(N5CN(Cc6ccccc6)c6ccccc65)cc(C(C)(C)C)c4)cc32)nc1. The first kappa shape index (κ1) is 35.4. The van der Waals surface area contributed by atoms with Gasteiger partial charge in [0.15, 0.2) is 0 Å². The Labute approximate surface area is 320 Å². The molecule has 0 bridgehead atoms. The molecule has 7 aromatic rings. The summed E-state index contributed by atoms with van der Waals surface area (Å²) in [6.07, 6.45) is 3.92. The number of para-hydroxylation sites is 2. The van der Waals surface area contributed by atoms with Crippen molar-refractivity contribution in [3.05, 3.63) is 144 Å². The van der Waals surface area contributed by atoms with Crippen LogP contribution in [-0.4, -0.2) is 21.2 Å². The van der Waals surface area contributed by atoms with Gasteiger partial charge in [-0.05, 0) is 87.0 Å². The number of benzene rings is 5. The van der Waals surface area contributed by atoms with Gasteiger partial charge in [0.2, 0.25) is 5.95 Å². The summed E-state index contributed by atoms with van der Waals surface area (Å²) >= 11 is 0. The van der Waals surface area contributed by atoms with Crippen molar-refractivity contribution in [1.29, 1.82) is 0 Å². The Hall–Kier alpha value is -5.62. The molecule has 54 heavy (non-hydrogen) atoms. The molecule has 5 aromatic carbocycles. The van der Waals surface area contributed by atoms with Crippen LogP contribution < -0.4 is 14.5 Å². The number of ether oxygens (including phenoxy) is 1. The molecule has 3 heterocycles. The predicted octanol–water partition coefficient (Wildman–Crippen LogP) is 12.4. The van der Waals surface area contributed by atoms with Gasteiger partial charge in [-0.15, -0.1) is 0 Å².